The Morgan fingerprint density at radius 1 is 1.43 bits per heavy atom. The van der Waals surface area contributed by atoms with Gasteiger partial charge in [-0.15, -0.1) is 0 Å². The van der Waals surface area contributed by atoms with E-state index in [0.717, 1.165) is 6.29 Å². The maximum absolute atomic E-state index is 10.5. The monoisotopic (exact) mass is 196 g/mol. The average molecular weight is 196 g/mol. The van der Waals surface area contributed by atoms with Gasteiger partial charge in [-0.25, -0.2) is 0 Å². The highest BCUT2D eigenvalue weighted by Gasteiger charge is 2.04. The number of rotatable bonds is 5. The van der Waals surface area contributed by atoms with Gasteiger partial charge in [0, 0.05) is 5.56 Å². The topological polar surface area (TPSA) is 55.8 Å². The van der Waals surface area contributed by atoms with Gasteiger partial charge in [-0.3, -0.25) is 4.79 Å². The minimum Gasteiger partial charge on any atom is -0.493 e. The Balaban J connectivity index is 2.87. The van der Waals surface area contributed by atoms with Crippen LogP contribution in [0, 0.1) is 0 Å². The van der Waals surface area contributed by atoms with Crippen molar-refractivity contribution in [3.05, 3.63) is 23.8 Å². The molecule has 0 aliphatic rings. The Bertz CT molecular complexity index is 309. The predicted molar refractivity (Wildman–Crippen MR) is 51.0 cm³/mol. The molecule has 0 aromatic heterocycles. The summed E-state index contributed by atoms with van der Waals surface area (Å²) < 4.78 is 10.2. The molecular weight excluding hydrogens is 184 g/mol. The molecule has 0 aliphatic heterocycles. The van der Waals surface area contributed by atoms with Crippen LogP contribution in [0.5, 0.6) is 11.5 Å². The second-order valence-electron chi connectivity index (χ2n) is 2.60. The summed E-state index contributed by atoms with van der Waals surface area (Å²) in [6, 6.07) is 4.85. The molecule has 0 heterocycles. The smallest absolute Gasteiger partial charge is 0.161 e. The summed E-state index contributed by atoms with van der Waals surface area (Å²) in [5, 5.41) is 8.57. The number of aliphatic hydroxyl groups excluding tert-OH is 1. The highest BCUT2D eigenvalue weighted by molar-refractivity contribution is 5.76. The molecule has 4 nitrogen and oxygen atoms in total. The summed E-state index contributed by atoms with van der Waals surface area (Å²) >= 11 is 0. The zero-order chi connectivity index (χ0) is 10.4. The summed E-state index contributed by atoms with van der Waals surface area (Å²) in [5.41, 5.74) is 0.526. The van der Waals surface area contributed by atoms with E-state index < -0.39 is 0 Å². The van der Waals surface area contributed by atoms with Crippen molar-refractivity contribution in [3.63, 3.8) is 0 Å². The lowest BCUT2D eigenvalue weighted by molar-refractivity contribution is 0.112. The molecule has 1 aromatic carbocycles. The third kappa shape index (κ3) is 2.47. The van der Waals surface area contributed by atoms with E-state index >= 15 is 0 Å². The Kier molecular flexibility index (Phi) is 3.94. The van der Waals surface area contributed by atoms with Crippen molar-refractivity contribution >= 4 is 6.29 Å². The molecular formula is C10H12O4. The van der Waals surface area contributed by atoms with Crippen molar-refractivity contribution < 1.29 is 19.4 Å². The summed E-state index contributed by atoms with van der Waals surface area (Å²) in [6.45, 7) is 0.148. The number of aliphatic hydroxyl groups is 1. The van der Waals surface area contributed by atoms with E-state index in [1.54, 1.807) is 18.2 Å². The third-order valence-corrected chi connectivity index (χ3v) is 1.67. The van der Waals surface area contributed by atoms with Gasteiger partial charge < -0.3 is 14.6 Å². The lowest BCUT2D eigenvalue weighted by Crippen LogP contribution is -2.03. The molecule has 0 aliphatic carbocycles. The second-order valence-corrected chi connectivity index (χ2v) is 2.60. The molecule has 0 bridgehead atoms. The van der Waals surface area contributed by atoms with Crippen molar-refractivity contribution in [3.8, 4) is 11.5 Å². The van der Waals surface area contributed by atoms with Gasteiger partial charge in [-0.1, -0.05) is 0 Å². The fourth-order valence-corrected chi connectivity index (χ4v) is 1.03. The van der Waals surface area contributed by atoms with Gasteiger partial charge in [0.15, 0.2) is 11.5 Å². The van der Waals surface area contributed by atoms with Crippen molar-refractivity contribution in [2.45, 2.75) is 0 Å². The zero-order valence-electron chi connectivity index (χ0n) is 7.90. The standard InChI is InChI=1S/C10H12O4/c1-13-10-6-8(7-12)2-3-9(10)14-5-4-11/h2-3,6-7,11H,4-5H2,1H3. The first-order chi connectivity index (χ1) is 6.81. The van der Waals surface area contributed by atoms with Crippen LogP contribution in [-0.4, -0.2) is 31.7 Å². The molecule has 4 heteroatoms. The Morgan fingerprint density at radius 2 is 2.21 bits per heavy atom. The highest BCUT2D eigenvalue weighted by Crippen LogP contribution is 2.27. The number of aldehydes is 1. The van der Waals surface area contributed by atoms with Gasteiger partial charge in [-0.2, -0.15) is 0 Å². The van der Waals surface area contributed by atoms with E-state index in [2.05, 4.69) is 0 Å². The van der Waals surface area contributed by atoms with E-state index in [-0.39, 0.29) is 13.2 Å². The van der Waals surface area contributed by atoms with E-state index in [0.29, 0.717) is 17.1 Å². The fraction of sp³-hybridized carbons (Fsp3) is 0.300. The van der Waals surface area contributed by atoms with Crippen molar-refractivity contribution in [2.24, 2.45) is 0 Å². The number of ether oxygens (including phenoxy) is 2. The van der Waals surface area contributed by atoms with E-state index in [1.165, 1.54) is 7.11 Å². The summed E-state index contributed by atoms with van der Waals surface area (Å²) in [6.07, 6.45) is 0.734. The molecule has 76 valence electrons. The first-order valence-electron chi connectivity index (χ1n) is 4.18. The fourth-order valence-electron chi connectivity index (χ4n) is 1.03. The lowest BCUT2D eigenvalue weighted by atomic mass is 10.2. The van der Waals surface area contributed by atoms with Crippen LogP contribution in [0.4, 0.5) is 0 Å². The molecule has 0 fully saturated rings. The molecule has 0 radical (unpaired) electrons. The molecule has 0 saturated carbocycles. The van der Waals surface area contributed by atoms with E-state index in [1.807, 2.05) is 0 Å². The van der Waals surface area contributed by atoms with Crippen LogP contribution in [0.3, 0.4) is 0 Å². The molecule has 0 saturated heterocycles. The summed E-state index contributed by atoms with van der Waals surface area (Å²) in [4.78, 5) is 10.5. The maximum Gasteiger partial charge on any atom is 0.161 e. The first-order valence-corrected chi connectivity index (χ1v) is 4.18. The first kappa shape index (κ1) is 10.5. The molecule has 1 aromatic rings. The van der Waals surface area contributed by atoms with Crippen LogP contribution >= 0.6 is 0 Å². The molecule has 1 rings (SSSR count). The van der Waals surface area contributed by atoms with Gasteiger partial charge >= 0.3 is 0 Å². The number of carbonyl (C=O) groups is 1. The third-order valence-electron chi connectivity index (χ3n) is 1.67. The average Bonchev–Trinajstić information content (AvgIpc) is 2.26. The van der Waals surface area contributed by atoms with Crippen molar-refractivity contribution in [2.75, 3.05) is 20.3 Å². The maximum atomic E-state index is 10.5. The van der Waals surface area contributed by atoms with Gasteiger partial charge in [0.25, 0.3) is 0 Å². The molecule has 14 heavy (non-hydrogen) atoms. The van der Waals surface area contributed by atoms with Gasteiger partial charge in [0.05, 0.1) is 13.7 Å². The number of carbonyl (C=O) groups excluding carboxylic acids is 1. The molecule has 1 N–H and O–H groups in total. The SMILES string of the molecule is COc1cc(C=O)ccc1OCCO. The van der Waals surface area contributed by atoms with Gasteiger partial charge in [0.1, 0.15) is 12.9 Å². The van der Waals surface area contributed by atoms with Gasteiger partial charge in [-0.05, 0) is 18.2 Å². The Labute approximate surface area is 82.1 Å². The Hall–Kier alpha value is -1.55. The highest BCUT2D eigenvalue weighted by atomic mass is 16.5. The predicted octanol–water partition coefficient (Wildman–Crippen LogP) is 0.879. The van der Waals surface area contributed by atoms with Crippen molar-refractivity contribution in [1.29, 1.82) is 0 Å². The van der Waals surface area contributed by atoms with Crippen LogP contribution in [-0.2, 0) is 0 Å². The quantitative estimate of drug-likeness (QED) is 0.710. The minimum absolute atomic E-state index is 0.0570. The van der Waals surface area contributed by atoms with Gasteiger partial charge in [0.2, 0.25) is 0 Å². The van der Waals surface area contributed by atoms with Crippen LogP contribution < -0.4 is 9.47 Å². The van der Waals surface area contributed by atoms with Crippen LogP contribution in [0.1, 0.15) is 10.4 Å². The molecule has 0 spiro atoms. The molecule has 0 atom stereocenters. The zero-order valence-corrected chi connectivity index (χ0v) is 7.90. The minimum atomic E-state index is -0.0570. The summed E-state index contributed by atoms with van der Waals surface area (Å²) in [7, 11) is 1.50. The number of hydrogen-bond donors (Lipinski definition) is 1. The number of hydrogen-bond acceptors (Lipinski definition) is 4. The molecule has 0 amide bonds. The summed E-state index contributed by atoms with van der Waals surface area (Å²) in [5.74, 6) is 1.01. The van der Waals surface area contributed by atoms with Crippen LogP contribution in [0.25, 0.3) is 0 Å². The van der Waals surface area contributed by atoms with Crippen LogP contribution in [0.15, 0.2) is 18.2 Å². The van der Waals surface area contributed by atoms with Crippen molar-refractivity contribution in [1.82, 2.24) is 0 Å². The normalized spacial score (nSPS) is 9.57. The number of benzene rings is 1. The Morgan fingerprint density at radius 3 is 2.79 bits per heavy atom. The van der Waals surface area contributed by atoms with Crippen LogP contribution in [0.2, 0.25) is 0 Å². The second kappa shape index (κ2) is 5.24. The van der Waals surface area contributed by atoms with E-state index in [4.69, 9.17) is 14.6 Å². The lowest BCUT2D eigenvalue weighted by Gasteiger charge is -2.09. The van der Waals surface area contributed by atoms with E-state index in [9.17, 15) is 4.79 Å². The molecule has 0 unspecified atom stereocenters. The number of methoxy groups -OCH3 is 1. The largest absolute Gasteiger partial charge is 0.493 e.